The molecular weight excluding hydrogens is 260 g/mol. The summed E-state index contributed by atoms with van der Waals surface area (Å²) in [5.41, 5.74) is 2.23. The van der Waals surface area contributed by atoms with Crippen LogP contribution in [0.4, 0.5) is 0 Å². The van der Waals surface area contributed by atoms with Gasteiger partial charge in [-0.1, -0.05) is 0 Å². The topological polar surface area (TPSA) is 64.8 Å². The molecule has 1 aliphatic heterocycles. The first-order chi connectivity index (χ1) is 9.11. The predicted molar refractivity (Wildman–Crippen MR) is 73.1 cm³/mol. The summed E-state index contributed by atoms with van der Waals surface area (Å²) in [6.45, 7) is 0.732. The summed E-state index contributed by atoms with van der Waals surface area (Å²) in [5, 5.41) is 8.98. The molecule has 19 heavy (non-hydrogen) atoms. The molecule has 1 aliphatic rings. The van der Waals surface area contributed by atoms with Crippen LogP contribution in [0.15, 0.2) is 18.2 Å². The molecule has 0 saturated carbocycles. The summed E-state index contributed by atoms with van der Waals surface area (Å²) in [7, 11) is 1.79. The van der Waals surface area contributed by atoms with Gasteiger partial charge in [0.25, 0.3) is 0 Å². The number of rotatable bonds is 1. The summed E-state index contributed by atoms with van der Waals surface area (Å²) >= 11 is 5.31. The zero-order valence-corrected chi connectivity index (χ0v) is 11.2. The quantitative estimate of drug-likeness (QED) is 0.807. The monoisotopic (exact) mass is 272 g/mol. The Morgan fingerprint density at radius 3 is 2.95 bits per heavy atom. The standard InChI is InChI=1S/C13H12N4OS/c1-16-5-4-10(12(16)18)17-11-6-8(7-14)2-3-9(11)15-13(17)19/h2-3,6,10H,4-5H2,1H3,(H,15,19). The van der Waals surface area contributed by atoms with Crippen LogP contribution in [0.3, 0.4) is 0 Å². The first-order valence-electron chi connectivity index (χ1n) is 6.01. The molecule has 0 bridgehead atoms. The van der Waals surface area contributed by atoms with E-state index in [-0.39, 0.29) is 11.9 Å². The van der Waals surface area contributed by atoms with E-state index in [1.165, 1.54) is 0 Å². The lowest BCUT2D eigenvalue weighted by Gasteiger charge is -2.12. The average Bonchev–Trinajstić information content (AvgIpc) is 2.89. The summed E-state index contributed by atoms with van der Waals surface area (Å²) in [6.07, 6.45) is 0.743. The van der Waals surface area contributed by atoms with Crippen LogP contribution in [-0.2, 0) is 4.79 Å². The van der Waals surface area contributed by atoms with Gasteiger partial charge >= 0.3 is 0 Å². The largest absolute Gasteiger partial charge is 0.344 e. The second kappa shape index (κ2) is 4.21. The number of hydrogen-bond donors (Lipinski definition) is 1. The fourth-order valence-electron chi connectivity index (χ4n) is 2.54. The van der Waals surface area contributed by atoms with Crippen molar-refractivity contribution in [2.75, 3.05) is 13.6 Å². The van der Waals surface area contributed by atoms with Gasteiger partial charge in [0.05, 0.1) is 22.7 Å². The third-order valence-corrected chi connectivity index (χ3v) is 3.86. The van der Waals surface area contributed by atoms with Crippen LogP contribution in [0.25, 0.3) is 11.0 Å². The summed E-state index contributed by atoms with van der Waals surface area (Å²) in [4.78, 5) is 16.9. The van der Waals surface area contributed by atoms with E-state index in [1.807, 2.05) is 10.6 Å². The van der Waals surface area contributed by atoms with Gasteiger partial charge in [-0.25, -0.2) is 0 Å². The third kappa shape index (κ3) is 1.74. The zero-order valence-electron chi connectivity index (χ0n) is 10.4. The summed E-state index contributed by atoms with van der Waals surface area (Å²) in [5.74, 6) is 0.0689. The Morgan fingerprint density at radius 2 is 2.32 bits per heavy atom. The van der Waals surface area contributed by atoms with Gasteiger partial charge in [0.2, 0.25) is 5.91 Å². The van der Waals surface area contributed by atoms with E-state index in [0.717, 1.165) is 24.0 Å². The van der Waals surface area contributed by atoms with Crippen molar-refractivity contribution in [1.29, 1.82) is 5.26 Å². The van der Waals surface area contributed by atoms with E-state index >= 15 is 0 Å². The number of likely N-dealkylation sites (tertiary alicyclic amines) is 1. The van der Waals surface area contributed by atoms with Gasteiger partial charge in [0, 0.05) is 13.6 Å². The molecule has 1 fully saturated rings. The number of hydrogen-bond acceptors (Lipinski definition) is 3. The van der Waals surface area contributed by atoms with Crippen molar-refractivity contribution in [3.05, 3.63) is 28.5 Å². The summed E-state index contributed by atoms with van der Waals surface area (Å²) in [6, 6.07) is 7.18. The van der Waals surface area contributed by atoms with Crippen LogP contribution in [-0.4, -0.2) is 34.0 Å². The molecule has 96 valence electrons. The maximum Gasteiger partial charge on any atom is 0.245 e. The molecule has 0 radical (unpaired) electrons. The van der Waals surface area contributed by atoms with Gasteiger partial charge in [-0.05, 0) is 36.8 Å². The molecule has 1 N–H and O–H groups in total. The number of imidazole rings is 1. The van der Waals surface area contributed by atoms with Gasteiger partial charge < -0.3 is 14.5 Å². The van der Waals surface area contributed by atoms with Crippen molar-refractivity contribution in [3.8, 4) is 6.07 Å². The highest BCUT2D eigenvalue weighted by atomic mass is 32.1. The number of aromatic nitrogens is 2. The average molecular weight is 272 g/mol. The number of aromatic amines is 1. The Morgan fingerprint density at radius 1 is 1.53 bits per heavy atom. The number of carbonyl (C=O) groups excluding carboxylic acids is 1. The number of carbonyl (C=O) groups is 1. The van der Waals surface area contributed by atoms with Crippen LogP contribution in [0.2, 0.25) is 0 Å². The van der Waals surface area contributed by atoms with Crippen LogP contribution in [0.5, 0.6) is 0 Å². The summed E-state index contributed by atoms with van der Waals surface area (Å²) < 4.78 is 2.36. The van der Waals surface area contributed by atoms with Gasteiger partial charge in [0.1, 0.15) is 6.04 Å². The van der Waals surface area contributed by atoms with Gasteiger partial charge in [0.15, 0.2) is 4.77 Å². The Hall–Kier alpha value is -2.13. The van der Waals surface area contributed by atoms with Crippen molar-refractivity contribution in [1.82, 2.24) is 14.5 Å². The molecule has 1 atom stereocenters. The molecule has 2 aromatic rings. The Labute approximate surface area is 115 Å². The number of fused-ring (bicyclic) bond motifs is 1. The SMILES string of the molecule is CN1CCC(n2c(=S)[nH]c3ccc(C#N)cc32)C1=O. The molecule has 3 rings (SSSR count). The highest BCUT2D eigenvalue weighted by Gasteiger charge is 2.31. The van der Waals surface area contributed by atoms with E-state index in [2.05, 4.69) is 11.1 Å². The first kappa shape index (κ1) is 11.9. The first-order valence-corrected chi connectivity index (χ1v) is 6.42. The maximum atomic E-state index is 12.1. The van der Waals surface area contributed by atoms with Crippen LogP contribution in [0, 0.1) is 16.1 Å². The fourth-order valence-corrected chi connectivity index (χ4v) is 2.88. The number of likely N-dealkylation sites (N-methyl/N-ethyl adjacent to an activating group) is 1. The second-order valence-electron chi connectivity index (χ2n) is 4.71. The molecule has 0 aliphatic carbocycles. The molecule has 1 saturated heterocycles. The van der Waals surface area contributed by atoms with Crippen molar-refractivity contribution in [3.63, 3.8) is 0 Å². The van der Waals surface area contributed by atoms with Crippen molar-refractivity contribution in [2.24, 2.45) is 0 Å². The molecule has 2 heterocycles. The number of benzene rings is 1. The highest BCUT2D eigenvalue weighted by molar-refractivity contribution is 7.71. The lowest BCUT2D eigenvalue weighted by Crippen LogP contribution is -2.24. The molecule has 5 nitrogen and oxygen atoms in total. The maximum absolute atomic E-state index is 12.1. The van der Waals surface area contributed by atoms with E-state index < -0.39 is 0 Å². The van der Waals surface area contributed by atoms with Crippen molar-refractivity contribution >= 4 is 29.2 Å². The molecule has 1 aromatic carbocycles. The van der Waals surface area contributed by atoms with Crippen LogP contribution < -0.4 is 0 Å². The van der Waals surface area contributed by atoms with Gasteiger partial charge in [-0.2, -0.15) is 5.26 Å². The smallest absolute Gasteiger partial charge is 0.245 e. The normalized spacial score (nSPS) is 19.1. The Balaban J connectivity index is 2.23. The molecule has 0 spiro atoms. The number of amides is 1. The van der Waals surface area contributed by atoms with Gasteiger partial charge in [-0.3, -0.25) is 4.79 Å². The van der Waals surface area contributed by atoms with Crippen LogP contribution >= 0.6 is 12.2 Å². The van der Waals surface area contributed by atoms with Crippen molar-refractivity contribution in [2.45, 2.75) is 12.5 Å². The molecule has 1 amide bonds. The van der Waals surface area contributed by atoms with Crippen molar-refractivity contribution < 1.29 is 4.79 Å². The minimum Gasteiger partial charge on any atom is -0.344 e. The van der Waals surface area contributed by atoms with E-state index in [9.17, 15) is 4.79 Å². The molecule has 6 heteroatoms. The van der Waals surface area contributed by atoms with E-state index in [0.29, 0.717) is 10.3 Å². The minimum absolute atomic E-state index is 0.0689. The third-order valence-electron chi connectivity index (χ3n) is 3.56. The molecule has 1 unspecified atom stereocenters. The minimum atomic E-state index is -0.264. The van der Waals surface area contributed by atoms with E-state index in [1.54, 1.807) is 24.1 Å². The second-order valence-corrected chi connectivity index (χ2v) is 5.09. The van der Waals surface area contributed by atoms with E-state index in [4.69, 9.17) is 17.5 Å². The Kier molecular flexibility index (Phi) is 2.64. The van der Waals surface area contributed by atoms with Gasteiger partial charge in [-0.15, -0.1) is 0 Å². The number of nitrogens with one attached hydrogen (secondary N) is 1. The van der Waals surface area contributed by atoms with Crippen LogP contribution in [0.1, 0.15) is 18.0 Å². The number of nitrogens with zero attached hydrogens (tertiary/aromatic N) is 3. The number of nitriles is 1. The molecular formula is C13H12N4OS. The Bertz CT molecular complexity index is 767. The molecule has 1 aromatic heterocycles. The lowest BCUT2D eigenvalue weighted by molar-refractivity contribution is -0.129. The number of H-pyrrole nitrogens is 1. The predicted octanol–water partition coefficient (Wildman–Crippen LogP) is 1.97. The zero-order chi connectivity index (χ0) is 13.6. The highest BCUT2D eigenvalue weighted by Crippen LogP contribution is 2.27. The fraction of sp³-hybridized carbons (Fsp3) is 0.308. The lowest BCUT2D eigenvalue weighted by atomic mass is 10.2.